The van der Waals surface area contributed by atoms with Gasteiger partial charge in [0, 0.05) is 0 Å². The summed E-state index contributed by atoms with van der Waals surface area (Å²) in [5, 5.41) is 0. The molecule has 0 spiro atoms. The Morgan fingerprint density at radius 1 is 1.00 bits per heavy atom. The molecule has 0 fully saturated rings. The summed E-state index contributed by atoms with van der Waals surface area (Å²) in [6, 6.07) is 13.6. The first-order chi connectivity index (χ1) is 10.2. The van der Waals surface area contributed by atoms with Crippen molar-refractivity contribution in [1.82, 2.24) is 0 Å². The number of hydrogen-bond donors (Lipinski definition) is 0. The topological polar surface area (TPSA) is 9.23 Å². The normalized spacial score (nSPS) is 15.0. The molecule has 2 aromatic rings. The van der Waals surface area contributed by atoms with Crippen molar-refractivity contribution in [2.24, 2.45) is 0 Å². The SMILES string of the molecule is CCc1ccc(CC)c(C(Br)c2ccc3c(c2)COC3)c1. The van der Waals surface area contributed by atoms with Crippen LogP contribution in [0, 0.1) is 0 Å². The van der Waals surface area contributed by atoms with Gasteiger partial charge in [0.15, 0.2) is 0 Å². The molecule has 0 amide bonds. The van der Waals surface area contributed by atoms with Crippen molar-refractivity contribution < 1.29 is 4.74 Å². The van der Waals surface area contributed by atoms with Gasteiger partial charge in [-0.2, -0.15) is 0 Å². The van der Waals surface area contributed by atoms with Crippen molar-refractivity contribution in [2.75, 3.05) is 0 Å². The molecule has 1 nitrogen and oxygen atoms in total. The molecule has 1 atom stereocenters. The van der Waals surface area contributed by atoms with E-state index in [1.165, 1.54) is 33.4 Å². The van der Waals surface area contributed by atoms with Crippen molar-refractivity contribution in [3.63, 3.8) is 0 Å². The summed E-state index contributed by atoms with van der Waals surface area (Å²) in [5.74, 6) is 0. The molecular weight excluding hydrogens is 324 g/mol. The van der Waals surface area contributed by atoms with Crippen LogP contribution in [0.25, 0.3) is 0 Å². The maximum atomic E-state index is 5.52. The van der Waals surface area contributed by atoms with Crippen LogP contribution in [0.3, 0.4) is 0 Å². The van der Waals surface area contributed by atoms with Crippen LogP contribution in [-0.2, 0) is 30.8 Å². The number of alkyl halides is 1. The molecule has 0 radical (unpaired) electrons. The van der Waals surface area contributed by atoms with E-state index < -0.39 is 0 Å². The van der Waals surface area contributed by atoms with E-state index in [2.05, 4.69) is 66.2 Å². The van der Waals surface area contributed by atoms with Gasteiger partial charge in [-0.25, -0.2) is 0 Å². The molecular formula is C19H21BrO. The summed E-state index contributed by atoms with van der Waals surface area (Å²) < 4.78 is 5.52. The lowest BCUT2D eigenvalue weighted by atomic mass is 9.94. The predicted molar refractivity (Wildman–Crippen MR) is 90.9 cm³/mol. The molecule has 1 aliphatic rings. The minimum Gasteiger partial charge on any atom is -0.372 e. The zero-order chi connectivity index (χ0) is 14.8. The molecule has 0 aromatic heterocycles. The maximum absolute atomic E-state index is 5.52. The van der Waals surface area contributed by atoms with Gasteiger partial charge in [-0.15, -0.1) is 0 Å². The molecule has 2 heteroatoms. The fourth-order valence-corrected chi connectivity index (χ4v) is 3.66. The molecule has 0 saturated heterocycles. The molecule has 0 saturated carbocycles. The number of aryl methyl sites for hydroxylation is 2. The highest BCUT2D eigenvalue weighted by atomic mass is 79.9. The molecule has 21 heavy (non-hydrogen) atoms. The van der Waals surface area contributed by atoms with Crippen LogP contribution in [0.2, 0.25) is 0 Å². The molecule has 0 aliphatic carbocycles. The second kappa shape index (κ2) is 6.33. The van der Waals surface area contributed by atoms with Crippen LogP contribution < -0.4 is 0 Å². The minimum absolute atomic E-state index is 0.254. The quantitative estimate of drug-likeness (QED) is 0.681. The number of halogens is 1. The second-order valence-corrected chi connectivity index (χ2v) is 6.54. The third kappa shape index (κ3) is 2.93. The third-order valence-electron chi connectivity index (χ3n) is 4.31. The van der Waals surface area contributed by atoms with Gasteiger partial charge in [-0.05, 0) is 46.2 Å². The molecule has 1 aliphatic heterocycles. The number of fused-ring (bicyclic) bond motifs is 1. The van der Waals surface area contributed by atoms with Crippen LogP contribution in [0.15, 0.2) is 36.4 Å². The van der Waals surface area contributed by atoms with E-state index in [1.54, 1.807) is 0 Å². The molecule has 0 N–H and O–H groups in total. The van der Waals surface area contributed by atoms with Gasteiger partial charge in [-0.3, -0.25) is 0 Å². The number of ether oxygens (including phenoxy) is 1. The summed E-state index contributed by atoms with van der Waals surface area (Å²) >= 11 is 3.92. The van der Waals surface area contributed by atoms with Gasteiger partial charge in [0.1, 0.15) is 0 Å². The van der Waals surface area contributed by atoms with Crippen molar-refractivity contribution >= 4 is 15.9 Å². The highest BCUT2D eigenvalue weighted by Gasteiger charge is 2.18. The summed E-state index contributed by atoms with van der Waals surface area (Å²) in [7, 11) is 0. The van der Waals surface area contributed by atoms with Gasteiger partial charge in [0.05, 0.1) is 18.0 Å². The zero-order valence-corrected chi connectivity index (χ0v) is 14.2. The van der Waals surface area contributed by atoms with Crippen LogP contribution in [0.1, 0.15) is 52.1 Å². The van der Waals surface area contributed by atoms with Crippen LogP contribution >= 0.6 is 15.9 Å². The van der Waals surface area contributed by atoms with Crippen molar-refractivity contribution in [3.8, 4) is 0 Å². The Balaban J connectivity index is 1.99. The van der Waals surface area contributed by atoms with E-state index in [0.29, 0.717) is 0 Å². The smallest absolute Gasteiger partial charge is 0.0725 e. The van der Waals surface area contributed by atoms with Crippen LogP contribution in [0.4, 0.5) is 0 Å². The predicted octanol–water partition coefficient (Wildman–Crippen LogP) is 5.33. The molecule has 110 valence electrons. The number of benzene rings is 2. The van der Waals surface area contributed by atoms with Gasteiger partial charge in [0.25, 0.3) is 0 Å². The van der Waals surface area contributed by atoms with E-state index in [1.807, 2.05) is 0 Å². The second-order valence-electron chi connectivity index (χ2n) is 5.62. The Bertz CT molecular complexity index is 648. The highest BCUT2D eigenvalue weighted by molar-refractivity contribution is 9.09. The largest absolute Gasteiger partial charge is 0.372 e. The maximum Gasteiger partial charge on any atom is 0.0725 e. The lowest BCUT2D eigenvalue weighted by Crippen LogP contribution is -2.00. The van der Waals surface area contributed by atoms with E-state index in [4.69, 9.17) is 4.74 Å². The average molecular weight is 345 g/mol. The molecule has 0 bridgehead atoms. The molecule has 1 unspecified atom stereocenters. The Hall–Kier alpha value is -1.12. The standard InChI is InChI=1S/C19H21BrO/c1-3-13-5-6-14(4-2)18(9-13)19(20)15-7-8-16-11-21-12-17(16)10-15/h5-10,19H,3-4,11-12H2,1-2H3. The van der Waals surface area contributed by atoms with Gasteiger partial charge < -0.3 is 4.74 Å². The van der Waals surface area contributed by atoms with Crippen molar-refractivity contribution in [1.29, 1.82) is 0 Å². The van der Waals surface area contributed by atoms with Crippen molar-refractivity contribution in [2.45, 2.75) is 44.7 Å². The Labute approximate surface area is 135 Å². The number of rotatable bonds is 4. The first kappa shape index (κ1) is 14.8. The summed E-state index contributed by atoms with van der Waals surface area (Å²) in [6.45, 7) is 5.94. The molecule has 1 heterocycles. The Kier molecular flexibility index (Phi) is 4.46. The van der Waals surface area contributed by atoms with Crippen LogP contribution in [-0.4, -0.2) is 0 Å². The lowest BCUT2D eigenvalue weighted by Gasteiger charge is -2.17. The Morgan fingerprint density at radius 2 is 1.81 bits per heavy atom. The van der Waals surface area contributed by atoms with Gasteiger partial charge >= 0.3 is 0 Å². The van der Waals surface area contributed by atoms with Crippen molar-refractivity contribution in [3.05, 3.63) is 69.8 Å². The first-order valence-corrected chi connectivity index (χ1v) is 8.59. The summed E-state index contributed by atoms with van der Waals surface area (Å²) in [4.78, 5) is 0.254. The Morgan fingerprint density at radius 3 is 2.57 bits per heavy atom. The third-order valence-corrected chi connectivity index (χ3v) is 5.33. The first-order valence-electron chi connectivity index (χ1n) is 7.68. The van der Waals surface area contributed by atoms with Crippen LogP contribution in [0.5, 0.6) is 0 Å². The molecule has 3 rings (SSSR count). The van der Waals surface area contributed by atoms with E-state index in [0.717, 1.165) is 26.1 Å². The van der Waals surface area contributed by atoms with Gasteiger partial charge in [-0.1, -0.05) is 66.2 Å². The fraction of sp³-hybridized carbons (Fsp3) is 0.368. The van der Waals surface area contributed by atoms with Gasteiger partial charge in [0.2, 0.25) is 0 Å². The average Bonchev–Trinajstić information content (AvgIpc) is 3.01. The minimum atomic E-state index is 0.254. The monoisotopic (exact) mass is 344 g/mol. The zero-order valence-electron chi connectivity index (χ0n) is 12.7. The summed E-state index contributed by atoms with van der Waals surface area (Å²) in [6.07, 6.45) is 2.14. The summed E-state index contributed by atoms with van der Waals surface area (Å²) in [5.41, 5.74) is 8.21. The van der Waals surface area contributed by atoms with E-state index in [9.17, 15) is 0 Å². The van der Waals surface area contributed by atoms with E-state index in [-0.39, 0.29) is 4.83 Å². The highest BCUT2D eigenvalue weighted by Crippen LogP contribution is 2.36. The fourth-order valence-electron chi connectivity index (χ4n) is 2.95. The number of hydrogen-bond acceptors (Lipinski definition) is 1. The van der Waals surface area contributed by atoms with E-state index >= 15 is 0 Å². The lowest BCUT2D eigenvalue weighted by molar-refractivity contribution is 0.134. The molecule has 2 aromatic carbocycles.